The lowest BCUT2D eigenvalue weighted by atomic mass is 10.1. The van der Waals surface area contributed by atoms with E-state index in [4.69, 9.17) is 4.74 Å². The average Bonchev–Trinajstić information content (AvgIpc) is 2.38. The number of ether oxygens (including phenoxy) is 1. The molecule has 2 aromatic carbocycles. The first-order valence-electron chi connectivity index (χ1n) is 6.41. The molecule has 0 saturated carbocycles. The Labute approximate surface area is 122 Å². The Kier molecular flexibility index (Phi) is 4.86. The number of rotatable bonds is 5. The van der Waals surface area contributed by atoms with E-state index in [-0.39, 0.29) is 0 Å². The lowest BCUT2D eigenvalue weighted by Crippen LogP contribution is -2.01. The molecule has 0 saturated heterocycles. The molecule has 0 fully saturated rings. The van der Waals surface area contributed by atoms with Crippen molar-refractivity contribution in [3.63, 3.8) is 0 Å². The van der Waals surface area contributed by atoms with Crippen molar-refractivity contribution in [3.05, 3.63) is 58.1 Å². The first-order chi connectivity index (χ1) is 9.19. The molecule has 0 aliphatic heterocycles. The van der Waals surface area contributed by atoms with Crippen LogP contribution in [-0.2, 0) is 6.54 Å². The van der Waals surface area contributed by atoms with Gasteiger partial charge in [0.05, 0.1) is 6.61 Å². The van der Waals surface area contributed by atoms with Crippen LogP contribution in [0.25, 0.3) is 0 Å². The Morgan fingerprint density at radius 2 is 2.00 bits per heavy atom. The topological polar surface area (TPSA) is 21.3 Å². The molecule has 0 aliphatic carbocycles. The molecule has 2 nitrogen and oxygen atoms in total. The average molecular weight is 320 g/mol. The van der Waals surface area contributed by atoms with E-state index >= 15 is 0 Å². The minimum Gasteiger partial charge on any atom is -0.494 e. The van der Waals surface area contributed by atoms with E-state index in [1.807, 2.05) is 31.2 Å². The monoisotopic (exact) mass is 319 g/mol. The van der Waals surface area contributed by atoms with Gasteiger partial charge >= 0.3 is 0 Å². The van der Waals surface area contributed by atoms with Crippen LogP contribution in [0.5, 0.6) is 5.75 Å². The highest BCUT2D eigenvalue weighted by molar-refractivity contribution is 9.10. The maximum atomic E-state index is 5.49. The first-order valence-corrected chi connectivity index (χ1v) is 7.20. The molecule has 0 bridgehead atoms. The second-order valence-electron chi connectivity index (χ2n) is 4.41. The van der Waals surface area contributed by atoms with E-state index in [2.05, 4.69) is 46.4 Å². The third kappa shape index (κ3) is 4.00. The zero-order chi connectivity index (χ0) is 13.7. The summed E-state index contributed by atoms with van der Waals surface area (Å²) in [7, 11) is 0. The fraction of sp³-hybridized carbons (Fsp3) is 0.250. The van der Waals surface area contributed by atoms with Crippen LogP contribution in [0, 0.1) is 6.92 Å². The third-order valence-corrected chi connectivity index (χ3v) is 3.57. The van der Waals surface area contributed by atoms with Crippen LogP contribution in [0.4, 0.5) is 5.69 Å². The van der Waals surface area contributed by atoms with E-state index in [1.165, 1.54) is 11.1 Å². The predicted molar refractivity (Wildman–Crippen MR) is 83.8 cm³/mol. The molecule has 0 heterocycles. The normalized spacial score (nSPS) is 10.3. The molecular weight excluding hydrogens is 302 g/mol. The minimum atomic E-state index is 0.687. The maximum Gasteiger partial charge on any atom is 0.121 e. The number of nitrogens with one attached hydrogen (secondary N) is 1. The van der Waals surface area contributed by atoms with Gasteiger partial charge in [0.1, 0.15) is 5.75 Å². The van der Waals surface area contributed by atoms with Gasteiger partial charge in [0.2, 0.25) is 0 Å². The number of aryl methyl sites for hydroxylation is 1. The van der Waals surface area contributed by atoms with Gasteiger partial charge in [-0.1, -0.05) is 34.1 Å². The van der Waals surface area contributed by atoms with E-state index in [1.54, 1.807) is 0 Å². The Morgan fingerprint density at radius 3 is 2.74 bits per heavy atom. The standard InChI is InChI=1S/C16H18BrNO/c1-3-19-15-6-4-5-14(10-15)18-11-13-8-7-12(2)9-16(13)17/h4-10,18H,3,11H2,1-2H3. The molecule has 0 amide bonds. The van der Waals surface area contributed by atoms with Gasteiger partial charge in [0.15, 0.2) is 0 Å². The summed E-state index contributed by atoms with van der Waals surface area (Å²) in [5.74, 6) is 0.899. The lowest BCUT2D eigenvalue weighted by Gasteiger charge is -2.10. The molecule has 0 aliphatic rings. The highest BCUT2D eigenvalue weighted by Crippen LogP contribution is 2.21. The lowest BCUT2D eigenvalue weighted by molar-refractivity contribution is 0.340. The van der Waals surface area contributed by atoms with E-state index < -0.39 is 0 Å². The summed E-state index contributed by atoms with van der Waals surface area (Å²) in [4.78, 5) is 0. The molecule has 2 aromatic rings. The smallest absolute Gasteiger partial charge is 0.121 e. The van der Waals surface area contributed by atoms with E-state index in [0.717, 1.165) is 22.5 Å². The van der Waals surface area contributed by atoms with Gasteiger partial charge in [-0.15, -0.1) is 0 Å². The molecule has 0 radical (unpaired) electrons. The van der Waals surface area contributed by atoms with E-state index in [9.17, 15) is 0 Å². The summed E-state index contributed by atoms with van der Waals surface area (Å²) in [5.41, 5.74) is 3.57. The van der Waals surface area contributed by atoms with Crippen LogP contribution >= 0.6 is 15.9 Å². The van der Waals surface area contributed by atoms with Crippen LogP contribution in [0.3, 0.4) is 0 Å². The van der Waals surface area contributed by atoms with Crippen LogP contribution in [0.2, 0.25) is 0 Å². The quantitative estimate of drug-likeness (QED) is 0.857. The zero-order valence-corrected chi connectivity index (χ0v) is 12.8. The SMILES string of the molecule is CCOc1cccc(NCc2ccc(C)cc2Br)c1. The highest BCUT2D eigenvalue weighted by Gasteiger charge is 2.01. The van der Waals surface area contributed by atoms with Gasteiger partial charge in [-0.05, 0) is 43.2 Å². The number of anilines is 1. The van der Waals surface area contributed by atoms with Gasteiger partial charge in [-0.3, -0.25) is 0 Å². The van der Waals surface area contributed by atoms with Crippen LogP contribution < -0.4 is 10.1 Å². The van der Waals surface area contributed by atoms with Crippen molar-refractivity contribution in [2.24, 2.45) is 0 Å². The first kappa shape index (κ1) is 13.9. The van der Waals surface area contributed by atoms with Gasteiger partial charge in [0.25, 0.3) is 0 Å². The number of benzene rings is 2. The second kappa shape index (κ2) is 6.62. The number of hydrogen-bond donors (Lipinski definition) is 1. The van der Waals surface area contributed by atoms with Crippen molar-refractivity contribution in [1.29, 1.82) is 0 Å². The predicted octanol–water partition coefficient (Wildman–Crippen LogP) is 4.77. The number of hydrogen-bond acceptors (Lipinski definition) is 2. The number of halogens is 1. The summed E-state index contributed by atoms with van der Waals surface area (Å²) in [5, 5.41) is 3.41. The van der Waals surface area contributed by atoms with Crippen molar-refractivity contribution in [2.75, 3.05) is 11.9 Å². The van der Waals surface area contributed by atoms with Crippen LogP contribution in [0.1, 0.15) is 18.1 Å². The van der Waals surface area contributed by atoms with Crippen molar-refractivity contribution >= 4 is 21.6 Å². The molecule has 3 heteroatoms. The molecule has 100 valence electrons. The molecule has 0 spiro atoms. The summed E-state index contributed by atoms with van der Waals surface area (Å²) in [6.07, 6.45) is 0. The largest absolute Gasteiger partial charge is 0.494 e. The van der Waals surface area contributed by atoms with Gasteiger partial charge < -0.3 is 10.1 Å². The Balaban J connectivity index is 2.03. The summed E-state index contributed by atoms with van der Waals surface area (Å²) < 4.78 is 6.63. The van der Waals surface area contributed by atoms with Crippen molar-refractivity contribution in [2.45, 2.75) is 20.4 Å². The van der Waals surface area contributed by atoms with Crippen molar-refractivity contribution < 1.29 is 4.74 Å². The van der Waals surface area contributed by atoms with Crippen molar-refractivity contribution in [1.82, 2.24) is 0 Å². The Bertz CT molecular complexity index is 554. The minimum absolute atomic E-state index is 0.687. The fourth-order valence-corrected chi connectivity index (χ4v) is 2.49. The van der Waals surface area contributed by atoms with Gasteiger partial charge in [-0.2, -0.15) is 0 Å². The summed E-state index contributed by atoms with van der Waals surface area (Å²) >= 11 is 3.60. The van der Waals surface area contributed by atoms with Crippen LogP contribution in [-0.4, -0.2) is 6.61 Å². The maximum absolute atomic E-state index is 5.49. The Morgan fingerprint density at radius 1 is 1.16 bits per heavy atom. The van der Waals surface area contributed by atoms with Crippen LogP contribution in [0.15, 0.2) is 46.9 Å². The summed E-state index contributed by atoms with van der Waals surface area (Å²) in [6, 6.07) is 14.4. The molecular formula is C16H18BrNO. The molecule has 2 rings (SSSR count). The highest BCUT2D eigenvalue weighted by atomic mass is 79.9. The molecule has 0 aromatic heterocycles. The summed E-state index contributed by atoms with van der Waals surface area (Å²) in [6.45, 7) is 5.56. The van der Waals surface area contributed by atoms with E-state index in [0.29, 0.717) is 6.61 Å². The second-order valence-corrected chi connectivity index (χ2v) is 5.26. The molecule has 19 heavy (non-hydrogen) atoms. The molecule has 0 unspecified atom stereocenters. The van der Waals surface area contributed by atoms with Crippen molar-refractivity contribution in [3.8, 4) is 5.75 Å². The molecule has 1 N–H and O–H groups in total. The van der Waals surface area contributed by atoms with Gasteiger partial charge in [0, 0.05) is 22.8 Å². The van der Waals surface area contributed by atoms with Gasteiger partial charge in [-0.25, -0.2) is 0 Å². The Hall–Kier alpha value is -1.48. The molecule has 0 atom stereocenters. The zero-order valence-electron chi connectivity index (χ0n) is 11.2. The third-order valence-electron chi connectivity index (χ3n) is 2.84. The fourth-order valence-electron chi connectivity index (χ4n) is 1.86.